The molecule has 0 aliphatic rings. The van der Waals surface area contributed by atoms with Crippen LogP contribution in [0.2, 0.25) is 0 Å². The van der Waals surface area contributed by atoms with E-state index in [4.69, 9.17) is 9.47 Å². The van der Waals surface area contributed by atoms with Crippen molar-refractivity contribution in [2.45, 2.75) is 12.8 Å². The Morgan fingerprint density at radius 1 is 0.955 bits per heavy atom. The third kappa shape index (κ3) is 3.70. The van der Waals surface area contributed by atoms with Crippen molar-refractivity contribution in [2.75, 3.05) is 7.11 Å². The molecule has 0 aromatic heterocycles. The van der Waals surface area contributed by atoms with Crippen molar-refractivity contribution in [1.82, 2.24) is 0 Å². The molecule has 0 radical (unpaired) electrons. The van der Waals surface area contributed by atoms with E-state index in [-0.39, 0.29) is 5.75 Å². The molecule has 0 atom stereocenters. The van der Waals surface area contributed by atoms with Crippen LogP contribution in [0.1, 0.15) is 11.1 Å². The van der Waals surface area contributed by atoms with Gasteiger partial charge in [-0.3, -0.25) is 0 Å². The maximum atomic E-state index is 9.78. The number of allylic oxidation sites excluding steroid dienone is 2. The number of phenols is 1. The molecule has 3 heteroatoms. The largest absolute Gasteiger partial charge is 0.508 e. The van der Waals surface area contributed by atoms with Crippen LogP contribution in [0.15, 0.2) is 61.7 Å². The van der Waals surface area contributed by atoms with Gasteiger partial charge in [0.15, 0.2) is 0 Å². The highest BCUT2D eigenvalue weighted by atomic mass is 16.5. The van der Waals surface area contributed by atoms with Crippen LogP contribution in [0.5, 0.6) is 23.0 Å². The molecule has 0 amide bonds. The van der Waals surface area contributed by atoms with Crippen molar-refractivity contribution in [3.63, 3.8) is 0 Å². The maximum Gasteiger partial charge on any atom is 0.127 e. The van der Waals surface area contributed by atoms with Crippen LogP contribution in [-0.4, -0.2) is 12.2 Å². The van der Waals surface area contributed by atoms with Crippen LogP contribution in [0.4, 0.5) is 0 Å². The molecule has 0 aliphatic carbocycles. The van der Waals surface area contributed by atoms with Gasteiger partial charge in [-0.2, -0.15) is 0 Å². The lowest BCUT2D eigenvalue weighted by atomic mass is 10.1. The van der Waals surface area contributed by atoms with Crippen LogP contribution in [0.25, 0.3) is 0 Å². The van der Waals surface area contributed by atoms with Gasteiger partial charge in [-0.05, 0) is 49.2 Å². The normalized spacial score (nSPS) is 10.0. The van der Waals surface area contributed by atoms with E-state index in [0.717, 1.165) is 16.9 Å². The second-order valence-corrected chi connectivity index (χ2v) is 4.85. The topological polar surface area (TPSA) is 38.7 Å². The highest BCUT2D eigenvalue weighted by molar-refractivity contribution is 5.45. The predicted octanol–water partition coefficient (Wildman–Crippen LogP) is 4.65. The molecule has 2 rings (SSSR count). The SMILES string of the molecule is C=CCc1cc(Oc2ccc(OC)c(CC=C)c2)ccc1O. The monoisotopic (exact) mass is 296 g/mol. The highest BCUT2D eigenvalue weighted by Gasteiger charge is 2.07. The van der Waals surface area contributed by atoms with E-state index >= 15 is 0 Å². The summed E-state index contributed by atoms with van der Waals surface area (Å²) in [6, 6.07) is 10.8. The van der Waals surface area contributed by atoms with Crippen LogP contribution in [0, 0.1) is 0 Å². The fraction of sp³-hybridized carbons (Fsp3) is 0.158. The molecule has 0 unspecified atom stereocenters. The van der Waals surface area contributed by atoms with Crippen molar-refractivity contribution in [1.29, 1.82) is 0 Å². The van der Waals surface area contributed by atoms with Crippen LogP contribution >= 0.6 is 0 Å². The standard InChI is InChI=1S/C19H20O3/c1-4-6-14-12-16(8-10-18(14)20)22-17-9-11-19(21-3)15(13-17)7-5-2/h4-5,8-13,20H,1-2,6-7H2,3H3. The van der Waals surface area contributed by atoms with Crippen molar-refractivity contribution in [3.05, 3.63) is 72.8 Å². The minimum atomic E-state index is 0.245. The molecule has 3 nitrogen and oxygen atoms in total. The Balaban J connectivity index is 2.26. The smallest absolute Gasteiger partial charge is 0.127 e. The summed E-state index contributed by atoms with van der Waals surface area (Å²) in [6.07, 6.45) is 4.86. The molecule has 2 aromatic rings. The summed E-state index contributed by atoms with van der Waals surface area (Å²) in [4.78, 5) is 0. The van der Waals surface area contributed by atoms with Gasteiger partial charge in [0.25, 0.3) is 0 Å². The van der Waals surface area contributed by atoms with Gasteiger partial charge in [-0.25, -0.2) is 0 Å². The molecule has 2 aromatic carbocycles. The molecule has 0 heterocycles. The molecule has 1 N–H and O–H groups in total. The summed E-state index contributed by atoms with van der Waals surface area (Å²) >= 11 is 0. The van der Waals surface area contributed by atoms with Crippen molar-refractivity contribution in [2.24, 2.45) is 0 Å². The molecule has 0 bridgehead atoms. The molecular weight excluding hydrogens is 276 g/mol. The van der Waals surface area contributed by atoms with Gasteiger partial charge in [-0.15, -0.1) is 13.2 Å². The Hall–Kier alpha value is -2.68. The van der Waals surface area contributed by atoms with E-state index in [1.165, 1.54) is 0 Å². The lowest BCUT2D eigenvalue weighted by molar-refractivity contribution is 0.408. The maximum absolute atomic E-state index is 9.78. The number of rotatable bonds is 7. The molecule has 22 heavy (non-hydrogen) atoms. The first-order chi connectivity index (χ1) is 10.7. The van der Waals surface area contributed by atoms with Gasteiger partial charge in [0, 0.05) is 11.1 Å². The summed E-state index contributed by atoms with van der Waals surface area (Å²) in [5.74, 6) is 2.44. The Morgan fingerprint density at radius 2 is 1.55 bits per heavy atom. The predicted molar refractivity (Wildman–Crippen MR) is 89.0 cm³/mol. The molecular formula is C19H20O3. The van der Waals surface area contributed by atoms with Gasteiger partial charge in [0.05, 0.1) is 7.11 Å². The summed E-state index contributed by atoms with van der Waals surface area (Å²) in [6.45, 7) is 7.44. The second-order valence-electron chi connectivity index (χ2n) is 4.85. The van der Waals surface area contributed by atoms with Crippen LogP contribution in [-0.2, 0) is 12.8 Å². The minimum absolute atomic E-state index is 0.245. The lowest BCUT2D eigenvalue weighted by Crippen LogP contribution is -1.93. The van der Waals surface area contributed by atoms with E-state index < -0.39 is 0 Å². The molecule has 0 saturated carbocycles. The van der Waals surface area contributed by atoms with Gasteiger partial charge >= 0.3 is 0 Å². The van der Waals surface area contributed by atoms with E-state index in [1.54, 1.807) is 25.3 Å². The van der Waals surface area contributed by atoms with Crippen LogP contribution < -0.4 is 9.47 Å². The third-order valence-corrected chi connectivity index (χ3v) is 3.27. The van der Waals surface area contributed by atoms with E-state index in [1.807, 2.05) is 30.3 Å². The molecule has 0 fully saturated rings. The fourth-order valence-electron chi connectivity index (χ4n) is 2.21. The Kier molecular flexibility index (Phi) is 5.26. The third-order valence-electron chi connectivity index (χ3n) is 3.27. The van der Waals surface area contributed by atoms with Gasteiger partial charge < -0.3 is 14.6 Å². The van der Waals surface area contributed by atoms with Gasteiger partial charge in [0.1, 0.15) is 23.0 Å². The first-order valence-electron chi connectivity index (χ1n) is 7.06. The average molecular weight is 296 g/mol. The number of benzene rings is 2. The zero-order valence-electron chi connectivity index (χ0n) is 12.7. The summed E-state index contributed by atoms with van der Waals surface area (Å²) in [5.41, 5.74) is 1.80. The number of hydrogen-bond donors (Lipinski definition) is 1. The number of hydrogen-bond acceptors (Lipinski definition) is 3. The summed E-state index contributed by atoms with van der Waals surface area (Å²) in [5, 5.41) is 9.78. The van der Waals surface area contributed by atoms with Gasteiger partial charge in [0.2, 0.25) is 0 Å². The van der Waals surface area contributed by atoms with Crippen molar-refractivity contribution in [3.8, 4) is 23.0 Å². The first kappa shape index (κ1) is 15.7. The van der Waals surface area contributed by atoms with E-state index in [0.29, 0.717) is 24.3 Å². The zero-order chi connectivity index (χ0) is 15.9. The van der Waals surface area contributed by atoms with Crippen molar-refractivity contribution < 1.29 is 14.6 Å². The summed E-state index contributed by atoms with van der Waals surface area (Å²) in [7, 11) is 1.64. The Bertz CT molecular complexity index is 674. The second kappa shape index (κ2) is 7.36. The quantitative estimate of drug-likeness (QED) is 0.756. The number of aromatic hydroxyl groups is 1. The molecule has 0 aliphatic heterocycles. The number of phenolic OH excluding ortho intramolecular Hbond substituents is 1. The van der Waals surface area contributed by atoms with Crippen molar-refractivity contribution >= 4 is 0 Å². The highest BCUT2D eigenvalue weighted by Crippen LogP contribution is 2.30. The Labute approximate surface area is 131 Å². The van der Waals surface area contributed by atoms with Gasteiger partial charge in [-0.1, -0.05) is 12.2 Å². The minimum Gasteiger partial charge on any atom is -0.508 e. The molecule has 0 spiro atoms. The zero-order valence-corrected chi connectivity index (χ0v) is 12.7. The lowest BCUT2D eigenvalue weighted by Gasteiger charge is -2.12. The van der Waals surface area contributed by atoms with Crippen LogP contribution in [0.3, 0.4) is 0 Å². The number of methoxy groups -OCH3 is 1. The fourth-order valence-corrected chi connectivity index (χ4v) is 2.21. The molecule has 0 saturated heterocycles. The number of ether oxygens (including phenoxy) is 2. The summed E-state index contributed by atoms with van der Waals surface area (Å²) < 4.78 is 11.2. The molecule has 114 valence electrons. The average Bonchev–Trinajstić information content (AvgIpc) is 2.51. The van der Waals surface area contributed by atoms with E-state index in [2.05, 4.69) is 13.2 Å². The van der Waals surface area contributed by atoms with E-state index in [9.17, 15) is 5.11 Å². The first-order valence-corrected chi connectivity index (χ1v) is 7.06. The Morgan fingerprint density at radius 3 is 2.18 bits per heavy atom.